The van der Waals surface area contributed by atoms with Crippen molar-refractivity contribution in [3.05, 3.63) is 0 Å². The summed E-state index contributed by atoms with van der Waals surface area (Å²) in [6.45, 7) is 7.64. The third-order valence-corrected chi connectivity index (χ3v) is 4.03. The van der Waals surface area contributed by atoms with Gasteiger partial charge < -0.3 is 15.3 Å². The van der Waals surface area contributed by atoms with Gasteiger partial charge in [-0.3, -0.25) is 0 Å². The number of hydrogen-bond donors (Lipinski definition) is 3. The molecule has 0 heterocycles. The van der Waals surface area contributed by atoms with Crippen LogP contribution in [0.5, 0.6) is 0 Å². The largest absolute Gasteiger partial charge is 0.393 e. The molecule has 18 heavy (non-hydrogen) atoms. The third-order valence-electron chi connectivity index (χ3n) is 4.03. The van der Waals surface area contributed by atoms with Crippen molar-refractivity contribution < 1.29 is 15.3 Å². The Labute approximate surface area is 112 Å². The molecule has 0 rings (SSSR count). The Balaban J connectivity index is 4.49. The second-order valence-electron chi connectivity index (χ2n) is 6.02. The van der Waals surface area contributed by atoms with Gasteiger partial charge in [0.1, 0.15) is 0 Å². The Kier molecular flexibility index (Phi) is 8.83. The van der Waals surface area contributed by atoms with E-state index in [1.807, 2.05) is 20.8 Å². The Morgan fingerprint density at radius 2 is 1.00 bits per heavy atom. The first-order valence-electron chi connectivity index (χ1n) is 7.35. The summed E-state index contributed by atoms with van der Waals surface area (Å²) >= 11 is 0. The monoisotopic (exact) mass is 260 g/mol. The molecule has 0 bridgehead atoms. The zero-order valence-corrected chi connectivity index (χ0v) is 12.5. The molecule has 0 fully saturated rings. The maximum atomic E-state index is 9.47. The first-order chi connectivity index (χ1) is 8.31. The van der Waals surface area contributed by atoms with Crippen LogP contribution in [0.4, 0.5) is 0 Å². The molecule has 0 aromatic rings. The van der Waals surface area contributed by atoms with Crippen molar-refractivity contribution in [2.75, 3.05) is 0 Å². The van der Waals surface area contributed by atoms with E-state index >= 15 is 0 Å². The van der Waals surface area contributed by atoms with Gasteiger partial charge in [-0.15, -0.1) is 0 Å². The van der Waals surface area contributed by atoms with Gasteiger partial charge in [-0.25, -0.2) is 0 Å². The molecule has 0 aromatic heterocycles. The molecular weight excluding hydrogens is 228 g/mol. The molecule has 0 saturated heterocycles. The van der Waals surface area contributed by atoms with Gasteiger partial charge in [0.2, 0.25) is 0 Å². The van der Waals surface area contributed by atoms with Crippen LogP contribution >= 0.6 is 0 Å². The van der Waals surface area contributed by atoms with E-state index in [0.29, 0.717) is 0 Å². The first kappa shape index (κ1) is 17.9. The number of rotatable bonds is 10. The van der Waals surface area contributed by atoms with Gasteiger partial charge in [-0.2, -0.15) is 0 Å². The van der Waals surface area contributed by atoms with Crippen LogP contribution in [-0.2, 0) is 0 Å². The highest BCUT2D eigenvalue weighted by Gasteiger charge is 2.28. The fraction of sp³-hybridized carbons (Fsp3) is 1.00. The highest BCUT2D eigenvalue weighted by molar-refractivity contribution is 4.80. The van der Waals surface area contributed by atoms with E-state index in [-0.39, 0.29) is 23.7 Å². The normalized spacial score (nSPS) is 20.2. The summed E-state index contributed by atoms with van der Waals surface area (Å²) in [5.74, 6) is 0. The van der Waals surface area contributed by atoms with E-state index in [1.54, 1.807) is 0 Å². The quantitative estimate of drug-likeness (QED) is 0.566. The van der Waals surface area contributed by atoms with Crippen LogP contribution < -0.4 is 0 Å². The minimum Gasteiger partial charge on any atom is -0.393 e. The molecule has 0 radical (unpaired) electrons. The number of hydrogen-bond acceptors (Lipinski definition) is 3. The average molecular weight is 260 g/mol. The summed E-state index contributed by atoms with van der Waals surface area (Å²) in [5.41, 5.74) is 0.158. The molecule has 0 spiro atoms. The summed E-state index contributed by atoms with van der Waals surface area (Å²) in [4.78, 5) is 0. The Bertz CT molecular complexity index is 169. The van der Waals surface area contributed by atoms with Crippen molar-refractivity contribution in [1.29, 1.82) is 0 Å². The molecule has 3 atom stereocenters. The predicted octanol–water partition coefficient (Wildman–Crippen LogP) is 2.87. The molecular formula is C15H32O3. The van der Waals surface area contributed by atoms with Crippen LogP contribution in [0, 0.1) is 5.41 Å². The Hall–Kier alpha value is -0.120. The van der Waals surface area contributed by atoms with Crippen LogP contribution in [-0.4, -0.2) is 33.6 Å². The van der Waals surface area contributed by atoms with Crippen molar-refractivity contribution in [1.82, 2.24) is 0 Å². The topological polar surface area (TPSA) is 60.7 Å². The summed E-state index contributed by atoms with van der Waals surface area (Å²) in [5, 5.41) is 28.4. The van der Waals surface area contributed by atoms with Gasteiger partial charge in [0.15, 0.2) is 0 Å². The van der Waals surface area contributed by atoms with Crippen molar-refractivity contribution in [3.8, 4) is 0 Å². The molecule has 3 N–H and O–H groups in total. The van der Waals surface area contributed by atoms with E-state index in [1.165, 1.54) is 0 Å². The molecule has 0 amide bonds. The van der Waals surface area contributed by atoms with Crippen molar-refractivity contribution in [2.45, 2.75) is 91.0 Å². The highest BCUT2D eigenvalue weighted by atomic mass is 16.3. The fourth-order valence-corrected chi connectivity index (χ4v) is 2.45. The van der Waals surface area contributed by atoms with Crippen molar-refractivity contribution in [2.24, 2.45) is 5.41 Å². The van der Waals surface area contributed by atoms with Crippen molar-refractivity contribution >= 4 is 0 Å². The van der Waals surface area contributed by atoms with E-state index in [9.17, 15) is 15.3 Å². The minimum atomic E-state index is -0.269. The molecule has 3 heteroatoms. The molecule has 3 unspecified atom stereocenters. The maximum Gasteiger partial charge on any atom is 0.0512 e. The Morgan fingerprint density at radius 3 is 1.17 bits per heavy atom. The smallest absolute Gasteiger partial charge is 0.0512 e. The van der Waals surface area contributed by atoms with Gasteiger partial charge in [0, 0.05) is 0 Å². The lowest BCUT2D eigenvalue weighted by atomic mass is 9.72. The summed E-state index contributed by atoms with van der Waals surface area (Å²) in [7, 11) is 0. The molecule has 0 aliphatic rings. The number of aliphatic hydroxyl groups is 3. The predicted molar refractivity (Wildman–Crippen MR) is 75.5 cm³/mol. The molecule has 0 saturated carbocycles. The highest BCUT2D eigenvalue weighted by Crippen LogP contribution is 2.39. The minimum absolute atomic E-state index is 0.158. The maximum absolute atomic E-state index is 9.47. The van der Waals surface area contributed by atoms with Crippen LogP contribution in [0.1, 0.15) is 72.6 Å². The van der Waals surface area contributed by atoms with E-state index in [0.717, 1.165) is 44.9 Å². The van der Waals surface area contributed by atoms with E-state index < -0.39 is 0 Å². The third kappa shape index (κ3) is 8.06. The van der Waals surface area contributed by atoms with Crippen LogP contribution in [0.15, 0.2) is 0 Å². The van der Waals surface area contributed by atoms with Gasteiger partial charge in [-0.05, 0) is 64.7 Å². The zero-order valence-electron chi connectivity index (χ0n) is 12.5. The summed E-state index contributed by atoms with van der Waals surface area (Å²) in [6.07, 6.45) is 5.55. The van der Waals surface area contributed by atoms with E-state index in [4.69, 9.17) is 0 Å². The lowest BCUT2D eigenvalue weighted by molar-refractivity contribution is 0.0892. The molecule has 0 aliphatic carbocycles. The van der Waals surface area contributed by atoms with E-state index in [2.05, 4.69) is 6.92 Å². The number of aliphatic hydroxyl groups excluding tert-OH is 3. The zero-order chi connectivity index (χ0) is 14.2. The standard InChI is InChI=1S/C15H32O3/c1-5-15(9-6-12(2)16,10-7-13(3)17)11-8-14(4)18/h12-14,16-18H,5-11H2,1-4H3. The van der Waals surface area contributed by atoms with Crippen molar-refractivity contribution in [3.63, 3.8) is 0 Å². The van der Waals surface area contributed by atoms with Gasteiger partial charge in [-0.1, -0.05) is 13.3 Å². The second kappa shape index (κ2) is 8.89. The lowest BCUT2D eigenvalue weighted by Gasteiger charge is -2.34. The van der Waals surface area contributed by atoms with Crippen LogP contribution in [0.2, 0.25) is 0 Å². The summed E-state index contributed by atoms with van der Waals surface area (Å²) < 4.78 is 0. The van der Waals surface area contributed by atoms with Gasteiger partial charge in [0.25, 0.3) is 0 Å². The van der Waals surface area contributed by atoms with Crippen LogP contribution in [0.3, 0.4) is 0 Å². The molecule has 110 valence electrons. The van der Waals surface area contributed by atoms with Crippen LogP contribution in [0.25, 0.3) is 0 Å². The average Bonchev–Trinajstić information content (AvgIpc) is 2.28. The second-order valence-corrected chi connectivity index (χ2v) is 6.02. The summed E-state index contributed by atoms with van der Waals surface area (Å²) in [6, 6.07) is 0. The van der Waals surface area contributed by atoms with Gasteiger partial charge >= 0.3 is 0 Å². The SMILES string of the molecule is CCC(CCC(C)O)(CCC(C)O)CCC(C)O. The van der Waals surface area contributed by atoms with Gasteiger partial charge in [0.05, 0.1) is 18.3 Å². The first-order valence-corrected chi connectivity index (χ1v) is 7.35. The molecule has 0 aromatic carbocycles. The molecule has 0 aliphatic heterocycles. The fourth-order valence-electron chi connectivity index (χ4n) is 2.45. The Morgan fingerprint density at radius 1 is 0.722 bits per heavy atom. The molecule has 3 nitrogen and oxygen atoms in total. The lowest BCUT2D eigenvalue weighted by Crippen LogP contribution is -2.25.